The molecule has 0 bridgehead atoms. The monoisotopic (exact) mass is 268 g/mol. The molecule has 0 amide bonds. The van der Waals surface area contributed by atoms with Crippen molar-refractivity contribution in [2.75, 3.05) is 13.2 Å². The highest BCUT2D eigenvalue weighted by atomic mass is 16.5. The number of nitrogens with zero attached hydrogens (tertiary/aromatic N) is 2. The van der Waals surface area contributed by atoms with E-state index in [0.29, 0.717) is 5.92 Å². The molecular formula is C15H16N4O. The maximum atomic E-state index is 5.43. The average molecular weight is 268 g/mol. The van der Waals surface area contributed by atoms with Crippen LogP contribution in [0.25, 0.3) is 22.3 Å². The van der Waals surface area contributed by atoms with Gasteiger partial charge < -0.3 is 9.72 Å². The van der Waals surface area contributed by atoms with E-state index in [4.69, 9.17) is 4.74 Å². The summed E-state index contributed by atoms with van der Waals surface area (Å²) in [5.74, 6) is 0.446. The predicted octanol–water partition coefficient (Wildman–Crippen LogP) is 2.77. The smallest absolute Gasteiger partial charge is 0.137 e. The summed E-state index contributed by atoms with van der Waals surface area (Å²) in [5, 5.41) is 8.71. The summed E-state index contributed by atoms with van der Waals surface area (Å²) in [7, 11) is 0. The normalized spacial score (nSPS) is 18.9. The van der Waals surface area contributed by atoms with E-state index in [1.807, 2.05) is 12.4 Å². The molecule has 4 rings (SSSR count). The van der Waals surface area contributed by atoms with Crippen LogP contribution in [0.15, 0.2) is 24.5 Å². The molecule has 0 radical (unpaired) electrons. The maximum Gasteiger partial charge on any atom is 0.137 e. The molecule has 102 valence electrons. The van der Waals surface area contributed by atoms with Gasteiger partial charge in [0.25, 0.3) is 0 Å². The second-order valence-corrected chi connectivity index (χ2v) is 5.36. The van der Waals surface area contributed by atoms with E-state index in [1.54, 1.807) is 0 Å². The zero-order valence-electron chi connectivity index (χ0n) is 11.3. The predicted molar refractivity (Wildman–Crippen MR) is 76.6 cm³/mol. The molecule has 2 N–H and O–H groups in total. The lowest BCUT2D eigenvalue weighted by Gasteiger charge is -2.01. The van der Waals surface area contributed by atoms with E-state index in [9.17, 15) is 0 Å². The Bertz CT molecular complexity index is 752. The van der Waals surface area contributed by atoms with Crippen molar-refractivity contribution < 1.29 is 4.74 Å². The van der Waals surface area contributed by atoms with E-state index in [-0.39, 0.29) is 0 Å². The zero-order chi connectivity index (χ0) is 13.5. The summed E-state index contributed by atoms with van der Waals surface area (Å²) in [6.45, 7) is 3.71. The molecule has 1 aliphatic heterocycles. The SMILES string of the molecule is Cc1c[nH]c2ncc(-c3cc(C4CCOC4)[nH]n3)cc12. The molecule has 3 aromatic heterocycles. The van der Waals surface area contributed by atoms with Gasteiger partial charge >= 0.3 is 0 Å². The molecule has 0 aliphatic carbocycles. The van der Waals surface area contributed by atoms with Crippen LogP contribution in [0.3, 0.4) is 0 Å². The van der Waals surface area contributed by atoms with Gasteiger partial charge in [0.15, 0.2) is 0 Å². The first-order valence-corrected chi connectivity index (χ1v) is 6.88. The van der Waals surface area contributed by atoms with Crippen LogP contribution in [0.4, 0.5) is 0 Å². The summed E-state index contributed by atoms with van der Waals surface area (Å²) < 4.78 is 5.43. The van der Waals surface area contributed by atoms with E-state index in [1.165, 1.54) is 5.56 Å². The fourth-order valence-electron chi connectivity index (χ4n) is 2.75. The Hall–Kier alpha value is -2.14. The highest BCUT2D eigenvalue weighted by Crippen LogP contribution is 2.28. The highest BCUT2D eigenvalue weighted by molar-refractivity contribution is 5.83. The van der Waals surface area contributed by atoms with Crippen LogP contribution in [0.1, 0.15) is 23.6 Å². The molecule has 1 saturated heterocycles. The quantitative estimate of drug-likeness (QED) is 0.751. The Kier molecular flexibility index (Phi) is 2.60. The molecule has 20 heavy (non-hydrogen) atoms. The molecule has 1 aliphatic rings. The number of fused-ring (bicyclic) bond motifs is 1. The molecule has 5 heteroatoms. The Morgan fingerprint density at radius 2 is 2.30 bits per heavy atom. The second kappa shape index (κ2) is 4.45. The second-order valence-electron chi connectivity index (χ2n) is 5.36. The number of H-pyrrole nitrogens is 2. The minimum Gasteiger partial charge on any atom is -0.381 e. The van der Waals surface area contributed by atoms with Gasteiger partial charge in [0.05, 0.1) is 12.3 Å². The topological polar surface area (TPSA) is 66.6 Å². The lowest BCUT2D eigenvalue weighted by molar-refractivity contribution is 0.193. The van der Waals surface area contributed by atoms with Crippen LogP contribution in [-0.2, 0) is 4.74 Å². The van der Waals surface area contributed by atoms with Gasteiger partial charge in [0.1, 0.15) is 5.65 Å². The van der Waals surface area contributed by atoms with Crippen molar-refractivity contribution in [3.05, 3.63) is 35.8 Å². The minimum atomic E-state index is 0.446. The fourth-order valence-corrected chi connectivity index (χ4v) is 2.75. The van der Waals surface area contributed by atoms with Crippen LogP contribution in [0.5, 0.6) is 0 Å². The van der Waals surface area contributed by atoms with Gasteiger partial charge in [-0.25, -0.2) is 4.98 Å². The Balaban J connectivity index is 1.72. The molecule has 1 unspecified atom stereocenters. The van der Waals surface area contributed by atoms with Crippen molar-refractivity contribution in [1.29, 1.82) is 0 Å². The van der Waals surface area contributed by atoms with Crippen LogP contribution >= 0.6 is 0 Å². The van der Waals surface area contributed by atoms with E-state index in [2.05, 4.69) is 39.2 Å². The third-order valence-corrected chi connectivity index (χ3v) is 4.00. The minimum absolute atomic E-state index is 0.446. The number of hydrogen-bond donors (Lipinski definition) is 2. The molecule has 5 nitrogen and oxygen atoms in total. The number of aryl methyl sites for hydroxylation is 1. The Morgan fingerprint density at radius 3 is 3.15 bits per heavy atom. The van der Waals surface area contributed by atoms with Crippen LogP contribution in [0.2, 0.25) is 0 Å². The van der Waals surface area contributed by atoms with Gasteiger partial charge in [-0.2, -0.15) is 5.10 Å². The third kappa shape index (κ3) is 1.82. The largest absolute Gasteiger partial charge is 0.381 e. The Labute approximate surface area is 116 Å². The molecular weight excluding hydrogens is 252 g/mol. The zero-order valence-corrected chi connectivity index (χ0v) is 11.3. The van der Waals surface area contributed by atoms with Crippen molar-refractivity contribution >= 4 is 11.0 Å². The van der Waals surface area contributed by atoms with Gasteiger partial charge in [-0.1, -0.05) is 0 Å². The third-order valence-electron chi connectivity index (χ3n) is 4.00. The van der Waals surface area contributed by atoms with Crippen LogP contribution in [-0.4, -0.2) is 33.4 Å². The highest BCUT2D eigenvalue weighted by Gasteiger charge is 2.20. The van der Waals surface area contributed by atoms with E-state index in [0.717, 1.165) is 47.6 Å². The fraction of sp³-hybridized carbons (Fsp3) is 0.333. The lowest BCUT2D eigenvalue weighted by atomic mass is 10.0. The Morgan fingerprint density at radius 1 is 1.35 bits per heavy atom. The number of pyridine rings is 1. The van der Waals surface area contributed by atoms with Crippen LogP contribution < -0.4 is 0 Å². The van der Waals surface area contributed by atoms with Crippen molar-refractivity contribution in [2.45, 2.75) is 19.3 Å². The van der Waals surface area contributed by atoms with Gasteiger partial charge in [-0.05, 0) is 31.0 Å². The first-order chi connectivity index (χ1) is 9.81. The standard InChI is InChI=1S/C15H16N4O/c1-9-6-16-15-12(9)4-11(7-17-15)14-5-13(18-19-14)10-2-3-20-8-10/h4-7,10H,2-3,8H2,1H3,(H,16,17)(H,18,19). The van der Waals surface area contributed by atoms with E-state index >= 15 is 0 Å². The lowest BCUT2D eigenvalue weighted by Crippen LogP contribution is -1.97. The number of nitrogens with one attached hydrogen (secondary N) is 2. The van der Waals surface area contributed by atoms with Crippen molar-refractivity contribution in [2.24, 2.45) is 0 Å². The van der Waals surface area contributed by atoms with Crippen molar-refractivity contribution in [3.8, 4) is 11.3 Å². The molecule has 1 atom stereocenters. The molecule has 0 aromatic carbocycles. The maximum absolute atomic E-state index is 5.43. The number of ether oxygens (including phenoxy) is 1. The molecule has 0 spiro atoms. The first kappa shape index (κ1) is 11.7. The first-order valence-electron chi connectivity index (χ1n) is 6.88. The molecule has 4 heterocycles. The average Bonchev–Trinajstić information content (AvgIpc) is 3.18. The van der Waals surface area contributed by atoms with E-state index < -0.39 is 0 Å². The van der Waals surface area contributed by atoms with Gasteiger partial charge in [-0.15, -0.1) is 0 Å². The molecule has 3 aromatic rings. The number of hydrogen-bond acceptors (Lipinski definition) is 3. The number of aromatic amines is 2. The van der Waals surface area contributed by atoms with Gasteiger partial charge in [-0.3, -0.25) is 5.10 Å². The summed E-state index contributed by atoms with van der Waals surface area (Å²) in [5.41, 5.74) is 5.27. The summed E-state index contributed by atoms with van der Waals surface area (Å²) >= 11 is 0. The number of rotatable bonds is 2. The summed E-state index contributed by atoms with van der Waals surface area (Å²) in [6.07, 6.45) is 4.91. The summed E-state index contributed by atoms with van der Waals surface area (Å²) in [4.78, 5) is 7.61. The molecule has 0 saturated carbocycles. The van der Waals surface area contributed by atoms with Crippen molar-refractivity contribution in [3.63, 3.8) is 0 Å². The van der Waals surface area contributed by atoms with Gasteiger partial charge in [0.2, 0.25) is 0 Å². The van der Waals surface area contributed by atoms with Crippen molar-refractivity contribution in [1.82, 2.24) is 20.2 Å². The van der Waals surface area contributed by atoms with Crippen LogP contribution in [0, 0.1) is 6.92 Å². The summed E-state index contributed by atoms with van der Waals surface area (Å²) in [6, 6.07) is 4.25. The number of aromatic nitrogens is 4. The molecule has 1 fully saturated rings. The van der Waals surface area contributed by atoms with Gasteiger partial charge in [0, 0.05) is 41.6 Å².